The summed E-state index contributed by atoms with van der Waals surface area (Å²) in [6, 6.07) is 20.2. The number of nitrogens with one attached hydrogen (secondary N) is 1. The summed E-state index contributed by atoms with van der Waals surface area (Å²) >= 11 is 6.15. The highest BCUT2D eigenvalue weighted by molar-refractivity contribution is 6.29. The minimum atomic E-state index is -0.639. The van der Waals surface area contributed by atoms with E-state index in [9.17, 15) is 9.59 Å². The van der Waals surface area contributed by atoms with Crippen molar-refractivity contribution in [3.8, 4) is 0 Å². The van der Waals surface area contributed by atoms with E-state index in [2.05, 4.69) is 21.8 Å². The van der Waals surface area contributed by atoms with Gasteiger partial charge in [-0.15, -0.1) is 0 Å². The van der Waals surface area contributed by atoms with Gasteiger partial charge in [0.25, 0.3) is 0 Å². The van der Waals surface area contributed by atoms with E-state index in [1.807, 2.05) is 60.8 Å². The lowest BCUT2D eigenvalue weighted by molar-refractivity contribution is -0.119. The Labute approximate surface area is 222 Å². The molecule has 2 aromatic carbocycles. The molecule has 192 valence electrons. The Hall–Kier alpha value is -3.84. The molecule has 0 aliphatic rings. The monoisotopic (exact) mass is 518 g/mol. The molecular formula is C29H31ClN4O3. The summed E-state index contributed by atoms with van der Waals surface area (Å²) in [5.74, 6) is 0.264. The third-order valence-electron chi connectivity index (χ3n) is 6.24. The number of methoxy groups -OCH3 is 1. The highest BCUT2D eigenvalue weighted by Crippen LogP contribution is 2.22. The fourth-order valence-electron chi connectivity index (χ4n) is 4.30. The van der Waals surface area contributed by atoms with Crippen molar-refractivity contribution in [1.82, 2.24) is 14.1 Å². The molecule has 0 aliphatic carbocycles. The predicted molar refractivity (Wildman–Crippen MR) is 145 cm³/mol. The summed E-state index contributed by atoms with van der Waals surface area (Å²) in [5, 5.41) is 3.51. The highest BCUT2D eigenvalue weighted by atomic mass is 35.5. The van der Waals surface area contributed by atoms with Crippen LogP contribution in [0.25, 0.3) is 0 Å². The maximum Gasteiger partial charge on any atom is 0.354 e. The molecule has 0 aliphatic heterocycles. The summed E-state index contributed by atoms with van der Waals surface area (Å²) in [6.45, 7) is 2.80. The Morgan fingerprint density at radius 3 is 2.49 bits per heavy atom. The van der Waals surface area contributed by atoms with E-state index in [1.54, 1.807) is 22.9 Å². The number of aryl methyl sites for hydroxylation is 1. The Morgan fingerprint density at radius 1 is 1.03 bits per heavy atom. The normalized spacial score (nSPS) is 11.8. The number of ether oxygens (including phenoxy) is 1. The number of rotatable bonds is 11. The number of aromatic nitrogens is 3. The average Bonchev–Trinajstić information content (AvgIpc) is 3.53. The second-order valence-electron chi connectivity index (χ2n) is 8.90. The van der Waals surface area contributed by atoms with Crippen LogP contribution in [0.3, 0.4) is 0 Å². The van der Waals surface area contributed by atoms with Gasteiger partial charge in [-0.25, -0.2) is 9.78 Å². The quantitative estimate of drug-likeness (QED) is 0.249. The molecule has 0 saturated carbocycles. The highest BCUT2D eigenvalue weighted by Gasteiger charge is 2.25. The number of amides is 1. The second-order valence-corrected chi connectivity index (χ2v) is 9.28. The van der Waals surface area contributed by atoms with Crippen molar-refractivity contribution in [2.24, 2.45) is 0 Å². The van der Waals surface area contributed by atoms with Crippen LogP contribution in [0.2, 0.25) is 5.15 Å². The van der Waals surface area contributed by atoms with E-state index in [-0.39, 0.29) is 5.91 Å². The first-order valence-electron chi connectivity index (χ1n) is 12.4. The lowest BCUT2D eigenvalue weighted by Crippen LogP contribution is -2.29. The van der Waals surface area contributed by atoms with Gasteiger partial charge in [0.15, 0.2) is 0 Å². The predicted octanol–water partition coefficient (Wildman–Crippen LogP) is 5.94. The third kappa shape index (κ3) is 6.68. The van der Waals surface area contributed by atoms with E-state index in [1.165, 1.54) is 7.11 Å². The maximum absolute atomic E-state index is 13.5. The molecule has 0 saturated heterocycles. The van der Waals surface area contributed by atoms with Crippen LogP contribution in [0.1, 0.15) is 53.2 Å². The number of hydrogen-bond donors (Lipinski definition) is 1. The molecule has 0 unspecified atom stereocenters. The summed E-state index contributed by atoms with van der Waals surface area (Å²) in [5.41, 5.74) is 3.06. The summed E-state index contributed by atoms with van der Waals surface area (Å²) < 4.78 is 8.66. The molecule has 2 heterocycles. The molecule has 37 heavy (non-hydrogen) atoms. The topological polar surface area (TPSA) is 78.2 Å². The van der Waals surface area contributed by atoms with Crippen molar-refractivity contribution in [3.63, 3.8) is 0 Å². The zero-order chi connectivity index (χ0) is 26.2. The van der Waals surface area contributed by atoms with Crippen LogP contribution >= 0.6 is 11.6 Å². The van der Waals surface area contributed by atoms with Gasteiger partial charge in [-0.2, -0.15) is 0 Å². The first kappa shape index (κ1) is 26.2. The Bertz CT molecular complexity index is 1330. The van der Waals surface area contributed by atoms with Crippen LogP contribution in [-0.4, -0.2) is 33.1 Å². The Balaban J connectivity index is 1.51. The van der Waals surface area contributed by atoms with Crippen molar-refractivity contribution in [1.29, 1.82) is 0 Å². The van der Waals surface area contributed by atoms with E-state index >= 15 is 0 Å². The number of nitrogens with zero attached hydrogens (tertiary/aromatic N) is 3. The van der Waals surface area contributed by atoms with Crippen LogP contribution in [0.4, 0.5) is 5.69 Å². The second kappa shape index (κ2) is 12.4. The van der Waals surface area contributed by atoms with Crippen molar-refractivity contribution in [3.05, 3.63) is 107 Å². The summed E-state index contributed by atoms with van der Waals surface area (Å²) in [7, 11) is 1.33. The molecule has 0 radical (unpaired) electrons. The standard InChI is InChI=1S/C29H31ClN4O3/c1-3-4-12-27-32-26(30)20-33(27)19-22-13-15-23(16-14-22)31-28(35)25(18-21-9-6-5-7-10-21)34-17-8-11-24(34)29(36)37-2/h5-11,13-17,20,25H,3-4,12,18-19H2,1-2H3,(H,31,35)/t25-/m0/s1. The number of anilines is 1. The van der Waals surface area contributed by atoms with Crippen LogP contribution in [0, 0.1) is 0 Å². The van der Waals surface area contributed by atoms with Gasteiger partial charge >= 0.3 is 5.97 Å². The minimum Gasteiger partial charge on any atom is -0.464 e. The number of halogens is 1. The van der Waals surface area contributed by atoms with Crippen LogP contribution in [-0.2, 0) is 28.9 Å². The Kier molecular flexibility index (Phi) is 8.80. The van der Waals surface area contributed by atoms with Crippen molar-refractivity contribution >= 4 is 29.2 Å². The molecule has 0 spiro atoms. The van der Waals surface area contributed by atoms with Gasteiger partial charge in [0, 0.05) is 37.5 Å². The van der Waals surface area contributed by atoms with Crippen LogP contribution in [0.5, 0.6) is 0 Å². The van der Waals surface area contributed by atoms with Gasteiger partial charge < -0.3 is 19.2 Å². The molecule has 2 aromatic heterocycles. The maximum atomic E-state index is 13.5. The van der Waals surface area contributed by atoms with E-state index < -0.39 is 12.0 Å². The van der Waals surface area contributed by atoms with Gasteiger partial charge in [-0.05, 0) is 41.8 Å². The number of carbonyl (C=O) groups excluding carboxylic acids is 2. The molecule has 4 aromatic rings. The number of benzene rings is 2. The van der Waals surface area contributed by atoms with Crippen molar-refractivity contribution in [2.45, 2.75) is 45.2 Å². The molecule has 1 N–H and O–H groups in total. The molecule has 1 atom stereocenters. The zero-order valence-electron chi connectivity index (χ0n) is 21.1. The average molecular weight is 519 g/mol. The van der Waals surface area contributed by atoms with Gasteiger partial charge in [0.2, 0.25) is 5.91 Å². The van der Waals surface area contributed by atoms with E-state index in [0.29, 0.717) is 29.5 Å². The van der Waals surface area contributed by atoms with Gasteiger partial charge in [0.1, 0.15) is 22.7 Å². The lowest BCUT2D eigenvalue weighted by Gasteiger charge is -2.21. The molecule has 4 rings (SSSR count). The first-order chi connectivity index (χ1) is 18.0. The smallest absolute Gasteiger partial charge is 0.354 e. The number of imidazole rings is 1. The molecule has 0 bridgehead atoms. The Morgan fingerprint density at radius 2 is 1.78 bits per heavy atom. The number of esters is 1. The molecule has 0 fully saturated rings. The largest absolute Gasteiger partial charge is 0.464 e. The fourth-order valence-corrected chi connectivity index (χ4v) is 4.52. The first-order valence-corrected chi connectivity index (χ1v) is 12.8. The molecular weight excluding hydrogens is 488 g/mol. The van der Waals surface area contributed by atoms with Gasteiger partial charge in [-0.3, -0.25) is 4.79 Å². The number of carbonyl (C=O) groups is 2. The fraction of sp³-hybridized carbons (Fsp3) is 0.276. The van der Waals surface area contributed by atoms with Crippen molar-refractivity contribution in [2.75, 3.05) is 12.4 Å². The SMILES string of the molecule is CCCCc1nc(Cl)cn1Cc1ccc(NC(=O)[C@H](Cc2ccccc2)n2cccc2C(=O)OC)cc1. The molecule has 1 amide bonds. The number of hydrogen-bond acceptors (Lipinski definition) is 4. The van der Waals surface area contributed by atoms with Crippen molar-refractivity contribution < 1.29 is 14.3 Å². The number of unbranched alkanes of at least 4 members (excludes halogenated alkanes) is 1. The third-order valence-corrected chi connectivity index (χ3v) is 6.42. The summed E-state index contributed by atoms with van der Waals surface area (Å²) in [6.07, 6.45) is 7.04. The molecule has 7 nitrogen and oxygen atoms in total. The summed E-state index contributed by atoms with van der Waals surface area (Å²) in [4.78, 5) is 30.2. The van der Waals surface area contributed by atoms with Gasteiger partial charge in [-0.1, -0.05) is 67.4 Å². The molecule has 8 heteroatoms. The van der Waals surface area contributed by atoms with Crippen LogP contribution < -0.4 is 5.32 Å². The van der Waals surface area contributed by atoms with Crippen LogP contribution in [0.15, 0.2) is 79.1 Å². The van der Waals surface area contributed by atoms with E-state index in [0.717, 1.165) is 36.2 Å². The zero-order valence-corrected chi connectivity index (χ0v) is 21.8. The van der Waals surface area contributed by atoms with E-state index in [4.69, 9.17) is 16.3 Å². The lowest BCUT2D eigenvalue weighted by atomic mass is 10.0. The minimum absolute atomic E-state index is 0.221. The van der Waals surface area contributed by atoms with Gasteiger partial charge in [0.05, 0.1) is 7.11 Å².